The van der Waals surface area contributed by atoms with Crippen LogP contribution >= 0.6 is 11.6 Å². The highest BCUT2D eigenvalue weighted by Crippen LogP contribution is 2.34. The Labute approximate surface area is 166 Å². The highest BCUT2D eigenvalue weighted by Gasteiger charge is 2.36. The van der Waals surface area contributed by atoms with Crippen LogP contribution in [0.3, 0.4) is 0 Å². The minimum absolute atomic E-state index is 0.0361. The largest absolute Gasteiger partial charge is 0.416 e. The van der Waals surface area contributed by atoms with Gasteiger partial charge in [0.2, 0.25) is 17.6 Å². The van der Waals surface area contributed by atoms with Crippen LogP contribution in [0.5, 0.6) is 0 Å². The summed E-state index contributed by atoms with van der Waals surface area (Å²) in [6.07, 6.45) is -4.38. The van der Waals surface area contributed by atoms with Crippen LogP contribution < -0.4 is 4.90 Å². The quantitative estimate of drug-likeness (QED) is 0.550. The van der Waals surface area contributed by atoms with E-state index in [1.54, 1.807) is 0 Å². The molecule has 0 spiro atoms. The fraction of sp³-hybridized carbons (Fsp3) is 0.211. The predicted octanol–water partition coefficient (Wildman–Crippen LogP) is 5.07. The number of alkyl halides is 3. The van der Waals surface area contributed by atoms with E-state index in [0.717, 1.165) is 12.1 Å². The first kappa shape index (κ1) is 19.4. The number of rotatable bonds is 3. The van der Waals surface area contributed by atoms with Crippen molar-refractivity contribution in [2.45, 2.75) is 18.5 Å². The lowest BCUT2D eigenvalue weighted by Crippen LogP contribution is -2.24. The van der Waals surface area contributed by atoms with Crippen molar-refractivity contribution in [1.82, 2.24) is 10.1 Å². The second-order valence-corrected chi connectivity index (χ2v) is 6.94. The Balaban J connectivity index is 1.52. The summed E-state index contributed by atoms with van der Waals surface area (Å²) in [5.41, 5.74) is -0.0722. The summed E-state index contributed by atoms with van der Waals surface area (Å²) in [5, 5.41) is 3.78. The Morgan fingerprint density at radius 1 is 1.14 bits per heavy atom. The van der Waals surface area contributed by atoms with Crippen LogP contribution in [0.25, 0.3) is 11.4 Å². The molecule has 0 radical (unpaired) electrons. The molecule has 5 nitrogen and oxygen atoms in total. The van der Waals surface area contributed by atoms with Crippen molar-refractivity contribution in [2.75, 3.05) is 11.4 Å². The van der Waals surface area contributed by atoms with Gasteiger partial charge in [-0.3, -0.25) is 4.79 Å². The molecule has 1 unspecified atom stereocenters. The van der Waals surface area contributed by atoms with Gasteiger partial charge in [-0.1, -0.05) is 16.8 Å². The molecule has 2 heterocycles. The van der Waals surface area contributed by atoms with Crippen molar-refractivity contribution in [3.8, 4) is 11.4 Å². The maximum Gasteiger partial charge on any atom is 0.416 e. The number of carbonyl (C=O) groups is 1. The fourth-order valence-corrected chi connectivity index (χ4v) is 3.22. The van der Waals surface area contributed by atoms with Crippen LogP contribution in [-0.2, 0) is 11.0 Å². The van der Waals surface area contributed by atoms with E-state index in [4.69, 9.17) is 16.1 Å². The molecule has 1 saturated heterocycles. The number of amides is 1. The Hall–Kier alpha value is -2.94. The van der Waals surface area contributed by atoms with Crippen LogP contribution in [0.1, 0.15) is 23.8 Å². The van der Waals surface area contributed by atoms with Gasteiger partial charge in [0.05, 0.1) is 16.5 Å². The molecule has 29 heavy (non-hydrogen) atoms. The molecular formula is C19H12ClF4N3O2. The van der Waals surface area contributed by atoms with E-state index >= 15 is 0 Å². The minimum atomic E-state index is -4.45. The van der Waals surface area contributed by atoms with E-state index in [2.05, 4.69) is 10.1 Å². The first-order valence-electron chi connectivity index (χ1n) is 8.49. The van der Waals surface area contributed by atoms with Gasteiger partial charge in [-0.05, 0) is 42.5 Å². The first-order valence-corrected chi connectivity index (χ1v) is 8.87. The van der Waals surface area contributed by atoms with Crippen LogP contribution in [0.2, 0.25) is 5.02 Å². The molecule has 1 aliphatic heterocycles. The number of hydrogen-bond acceptors (Lipinski definition) is 4. The van der Waals surface area contributed by atoms with E-state index in [1.165, 1.54) is 35.2 Å². The average Bonchev–Trinajstić information content (AvgIpc) is 3.30. The molecule has 4 rings (SSSR count). The first-order chi connectivity index (χ1) is 13.7. The maximum absolute atomic E-state index is 13.6. The Morgan fingerprint density at radius 3 is 2.52 bits per heavy atom. The predicted molar refractivity (Wildman–Crippen MR) is 95.9 cm³/mol. The number of benzene rings is 2. The Bertz CT molecular complexity index is 1070. The van der Waals surface area contributed by atoms with Gasteiger partial charge in [-0.2, -0.15) is 18.2 Å². The molecule has 0 aliphatic carbocycles. The maximum atomic E-state index is 13.6. The third-order valence-electron chi connectivity index (χ3n) is 4.60. The molecule has 2 aromatic carbocycles. The van der Waals surface area contributed by atoms with Crippen LogP contribution in [0.15, 0.2) is 47.0 Å². The molecule has 150 valence electrons. The van der Waals surface area contributed by atoms with Gasteiger partial charge in [0, 0.05) is 24.2 Å². The zero-order valence-corrected chi connectivity index (χ0v) is 15.3. The lowest BCUT2D eigenvalue weighted by molar-refractivity contribution is -0.137. The fourth-order valence-electron chi connectivity index (χ4n) is 3.11. The van der Waals surface area contributed by atoms with E-state index in [-0.39, 0.29) is 35.6 Å². The second kappa shape index (κ2) is 7.14. The summed E-state index contributed by atoms with van der Waals surface area (Å²) in [5.74, 6) is -0.982. The van der Waals surface area contributed by atoms with Crippen LogP contribution in [-0.4, -0.2) is 22.6 Å². The van der Waals surface area contributed by atoms with Crippen molar-refractivity contribution in [2.24, 2.45) is 0 Å². The molecule has 1 atom stereocenters. The lowest BCUT2D eigenvalue weighted by atomic mass is 10.1. The van der Waals surface area contributed by atoms with Crippen molar-refractivity contribution in [3.05, 3.63) is 64.8 Å². The molecule has 10 heteroatoms. The molecule has 1 fully saturated rings. The number of aromatic nitrogens is 2. The van der Waals surface area contributed by atoms with Gasteiger partial charge in [-0.25, -0.2) is 4.39 Å². The number of hydrogen-bond donors (Lipinski definition) is 0. The molecule has 1 aliphatic rings. The average molecular weight is 426 g/mol. The molecule has 0 saturated carbocycles. The van der Waals surface area contributed by atoms with Gasteiger partial charge in [0.1, 0.15) is 5.82 Å². The van der Waals surface area contributed by atoms with Crippen molar-refractivity contribution in [1.29, 1.82) is 0 Å². The van der Waals surface area contributed by atoms with E-state index in [1.807, 2.05) is 0 Å². The summed E-state index contributed by atoms with van der Waals surface area (Å²) in [7, 11) is 0. The lowest BCUT2D eigenvalue weighted by Gasteiger charge is -2.17. The van der Waals surface area contributed by atoms with Gasteiger partial charge in [0.15, 0.2) is 0 Å². The number of carbonyl (C=O) groups excluding carboxylic acids is 1. The Kier molecular flexibility index (Phi) is 4.77. The van der Waals surface area contributed by atoms with Gasteiger partial charge >= 0.3 is 6.18 Å². The topological polar surface area (TPSA) is 59.2 Å². The minimum Gasteiger partial charge on any atom is -0.339 e. The third kappa shape index (κ3) is 3.82. The van der Waals surface area contributed by atoms with Gasteiger partial charge in [0.25, 0.3) is 0 Å². The summed E-state index contributed by atoms with van der Waals surface area (Å²) in [4.78, 5) is 17.9. The van der Waals surface area contributed by atoms with E-state index in [9.17, 15) is 22.4 Å². The molecule has 1 amide bonds. The van der Waals surface area contributed by atoms with Crippen LogP contribution in [0, 0.1) is 5.82 Å². The SMILES string of the molecule is O=C1CC(c2nc(-c3ccc(Cl)c(F)c3)no2)CN1c1ccc(C(F)(F)F)cc1. The summed E-state index contributed by atoms with van der Waals surface area (Å²) in [6, 6.07) is 8.43. The standard InChI is InChI=1S/C19H12ClF4N3O2/c20-14-6-1-10(7-15(14)21)17-25-18(29-26-17)11-8-16(28)27(9-11)13-4-2-12(3-5-13)19(22,23)24/h1-7,11H,8-9H2. The van der Waals surface area contributed by atoms with Gasteiger partial charge in [-0.15, -0.1) is 0 Å². The monoisotopic (exact) mass is 425 g/mol. The van der Waals surface area contributed by atoms with Crippen molar-refractivity contribution in [3.63, 3.8) is 0 Å². The Morgan fingerprint density at radius 2 is 1.86 bits per heavy atom. The number of anilines is 1. The number of halogens is 5. The van der Waals surface area contributed by atoms with Crippen molar-refractivity contribution < 1.29 is 26.9 Å². The third-order valence-corrected chi connectivity index (χ3v) is 4.91. The molecule has 1 aromatic heterocycles. The van der Waals surface area contributed by atoms with Gasteiger partial charge < -0.3 is 9.42 Å². The summed E-state index contributed by atoms with van der Waals surface area (Å²) >= 11 is 5.66. The molecule has 3 aromatic rings. The molecular weight excluding hydrogens is 414 g/mol. The second-order valence-electron chi connectivity index (χ2n) is 6.54. The van der Waals surface area contributed by atoms with Crippen molar-refractivity contribution >= 4 is 23.2 Å². The number of nitrogens with zero attached hydrogens (tertiary/aromatic N) is 3. The highest BCUT2D eigenvalue weighted by atomic mass is 35.5. The summed E-state index contributed by atoms with van der Waals surface area (Å²) in [6.45, 7) is 0.181. The zero-order valence-electron chi connectivity index (χ0n) is 14.6. The summed E-state index contributed by atoms with van der Waals surface area (Å²) < 4.78 is 57.0. The zero-order chi connectivity index (χ0) is 20.8. The molecule has 0 N–H and O–H groups in total. The smallest absolute Gasteiger partial charge is 0.339 e. The van der Waals surface area contributed by atoms with E-state index in [0.29, 0.717) is 11.3 Å². The van der Waals surface area contributed by atoms with Crippen LogP contribution in [0.4, 0.5) is 23.2 Å². The highest BCUT2D eigenvalue weighted by molar-refractivity contribution is 6.30. The normalized spacial score (nSPS) is 17.2. The molecule has 0 bridgehead atoms. The van der Waals surface area contributed by atoms with E-state index < -0.39 is 23.5 Å².